The predicted molar refractivity (Wildman–Crippen MR) is 78.0 cm³/mol. The molecule has 1 atom stereocenters. The van der Waals surface area contributed by atoms with Gasteiger partial charge in [-0.05, 0) is 12.0 Å². The second-order valence-corrected chi connectivity index (χ2v) is 5.20. The van der Waals surface area contributed by atoms with Gasteiger partial charge in [0.15, 0.2) is 0 Å². The van der Waals surface area contributed by atoms with Crippen LogP contribution in [-0.4, -0.2) is 42.1 Å². The highest BCUT2D eigenvalue weighted by atomic mass is 32.1. The van der Waals surface area contributed by atoms with Crippen molar-refractivity contribution >= 4 is 23.1 Å². The zero-order valence-electron chi connectivity index (χ0n) is 11.0. The molecule has 1 amide bonds. The van der Waals surface area contributed by atoms with Gasteiger partial charge in [0.2, 0.25) is 5.91 Å². The van der Waals surface area contributed by atoms with Crippen molar-refractivity contribution in [2.45, 2.75) is 18.9 Å². The lowest BCUT2D eigenvalue weighted by molar-refractivity contribution is -0.131. The van der Waals surface area contributed by atoms with E-state index in [1.54, 1.807) is 4.90 Å². The van der Waals surface area contributed by atoms with Crippen LogP contribution in [0.25, 0.3) is 0 Å². The fourth-order valence-corrected chi connectivity index (χ4v) is 2.25. The Morgan fingerprint density at radius 1 is 1.47 bits per heavy atom. The van der Waals surface area contributed by atoms with Crippen LogP contribution in [0.15, 0.2) is 24.3 Å². The van der Waals surface area contributed by atoms with Crippen molar-refractivity contribution in [2.75, 3.05) is 20.3 Å². The molecule has 0 radical (unpaired) electrons. The Morgan fingerprint density at radius 2 is 2.16 bits per heavy atom. The zero-order valence-corrected chi connectivity index (χ0v) is 11.8. The van der Waals surface area contributed by atoms with Crippen LogP contribution in [0.4, 0.5) is 0 Å². The van der Waals surface area contributed by atoms with Gasteiger partial charge in [0.05, 0.1) is 19.1 Å². The maximum Gasteiger partial charge on any atom is 0.227 e. The number of hydrogen-bond acceptors (Lipinski definition) is 3. The number of carbonyl (C=O) groups excluding carboxylic acids is 1. The van der Waals surface area contributed by atoms with Crippen LogP contribution in [-0.2, 0) is 16.0 Å². The number of thiocarbonyl (C=S) groups is 1. The van der Waals surface area contributed by atoms with Gasteiger partial charge in [0, 0.05) is 19.2 Å². The molecule has 0 spiro atoms. The summed E-state index contributed by atoms with van der Waals surface area (Å²) in [6, 6.07) is 7.70. The third-order valence-electron chi connectivity index (χ3n) is 3.44. The second kappa shape index (κ2) is 6.12. The molecule has 2 N–H and O–H groups in total. The SMILES string of the molecule is CN(C(=O)Cc1ccc(C(N)=S)cc1)C1CCOC1. The maximum atomic E-state index is 12.1. The number of nitrogens with two attached hydrogens (primary N) is 1. The van der Waals surface area contributed by atoms with Crippen LogP contribution in [0.1, 0.15) is 17.5 Å². The predicted octanol–water partition coefficient (Wildman–Crippen LogP) is 1.11. The lowest BCUT2D eigenvalue weighted by atomic mass is 10.1. The Kier molecular flexibility index (Phi) is 4.50. The van der Waals surface area contributed by atoms with Crippen molar-refractivity contribution in [3.8, 4) is 0 Å². The number of carbonyl (C=O) groups is 1. The Balaban J connectivity index is 1.96. The monoisotopic (exact) mass is 278 g/mol. The first kappa shape index (κ1) is 14.0. The molecule has 1 aliphatic rings. The maximum absolute atomic E-state index is 12.1. The molecule has 1 aromatic rings. The van der Waals surface area contributed by atoms with E-state index in [0.717, 1.165) is 24.2 Å². The molecule has 1 saturated heterocycles. The van der Waals surface area contributed by atoms with E-state index >= 15 is 0 Å². The second-order valence-electron chi connectivity index (χ2n) is 4.76. The van der Waals surface area contributed by atoms with E-state index in [-0.39, 0.29) is 11.9 Å². The average Bonchev–Trinajstić information content (AvgIpc) is 2.92. The first-order chi connectivity index (χ1) is 9.08. The van der Waals surface area contributed by atoms with E-state index in [1.165, 1.54) is 0 Å². The fourth-order valence-electron chi connectivity index (χ4n) is 2.12. The van der Waals surface area contributed by atoms with E-state index < -0.39 is 0 Å². The first-order valence-corrected chi connectivity index (χ1v) is 6.71. The number of hydrogen-bond donors (Lipinski definition) is 1. The van der Waals surface area contributed by atoms with E-state index in [9.17, 15) is 4.79 Å². The molecule has 0 saturated carbocycles. The number of amides is 1. The van der Waals surface area contributed by atoms with Gasteiger partial charge >= 0.3 is 0 Å². The third kappa shape index (κ3) is 3.52. The van der Waals surface area contributed by atoms with Crippen LogP contribution in [0.5, 0.6) is 0 Å². The number of benzene rings is 1. The third-order valence-corrected chi connectivity index (χ3v) is 3.68. The highest BCUT2D eigenvalue weighted by Gasteiger charge is 2.23. The Morgan fingerprint density at radius 3 is 2.68 bits per heavy atom. The van der Waals surface area contributed by atoms with Crippen LogP contribution < -0.4 is 5.73 Å². The Labute approximate surface area is 118 Å². The largest absolute Gasteiger partial charge is 0.389 e. The van der Waals surface area contributed by atoms with Crippen LogP contribution in [0.2, 0.25) is 0 Å². The molecule has 0 aromatic heterocycles. The highest BCUT2D eigenvalue weighted by molar-refractivity contribution is 7.80. The summed E-state index contributed by atoms with van der Waals surface area (Å²) in [6.07, 6.45) is 1.31. The van der Waals surface area contributed by atoms with Gasteiger partial charge < -0.3 is 15.4 Å². The summed E-state index contributed by atoms with van der Waals surface area (Å²) in [5.41, 5.74) is 7.33. The molecule has 1 aromatic carbocycles. The summed E-state index contributed by atoms with van der Waals surface area (Å²) in [5.74, 6) is 0.110. The van der Waals surface area contributed by atoms with Gasteiger partial charge in [-0.15, -0.1) is 0 Å². The van der Waals surface area contributed by atoms with Gasteiger partial charge in [-0.3, -0.25) is 4.79 Å². The average molecular weight is 278 g/mol. The molecule has 19 heavy (non-hydrogen) atoms. The van der Waals surface area contributed by atoms with Gasteiger partial charge in [0.1, 0.15) is 4.99 Å². The minimum atomic E-state index is 0.110. The van der Waals surface area contributed by atoms with E-state index in [0.29, 0.717) is 18.0 Å². The minimum Gasteiger partial charge on any atom is -0.389 e. The lowest BCUT2D eigenvalue weighted by Crippen LogP contribution is -2.38. The molecular weight excluding hydrogens is 260 g/mol. The van der Waals surface area contributed by atoms with Gasteiger partial charge in [-0.1, -0.05) is 36.5 Å². The topological polar surface area (TPSA) is 55.6 Å². The molecule has 0 aliphatic carbocycles. The van der Waals surface area contributed by atoms with Crippen molar-refractivity contribution in [2.24, 2.45) is 5.73 Å². The quantitative estimate of drug-likeness (QED) is 0.838. The van der Waals surface area contributed by atoms with Crippen LogP contribution in [0.3, 0.4) is 0 Å². The Hall–Kier alpha value is -1.46. The van der Waals surface area contributed by atoms with Crippen molar-refractivity contribution in [1.29, 1.82) is 0 Å². The normalized spacial score (nSPS) is 18.3. The lowest BCUT2D eigenvalue weighted by Gasteiger charge is -2.23. The summed E-state index contributed by atoms with van der Waals surface area (Å²) in [7, 11) is 1.84. The molecule has 1 unspecified atom stereocenters. The number of likely N-dealkylation sites (N-methyl/N-ethyl adjacent to an activating group) is 1. The van der Waals surface area contributed by atoms with E-state index in [4.69, 9.17) is 22.7 Å². The van der Waals surface area contributed by atoms with Crippen molar-refractivity contribution in [3.63, 3.8) is 0 Å². The van der Waals surface area contributed by atoms with Crippen molar-refractivity contribution in [1.82, 2.24) is 4.90 Å². The molecule has 1 aliphatic heterocycles. The van der Waals surface area contributed by atoms with Gasteiger partial charge in [-0.25, -0.2) is 0 Å². The molecule has 2 rings (SSSR count). The first-order valence-electron chi connectivity index (χ1n) is 6.30. The minimum absolute atomic E-state index is 0.110. The summed E-state index contributed by atoms with van der Waals surface area (Å²) >= 11 is 4.90. The molecule has 1 fully saturated rings. The van der Waals surface area contributed by atoms with Gasteiger partial charge in [-0.2, -0.15) is 0 Å². The smallest absolute Gasteiger partial charge is 0.227 e. The number of nitrogens with zero attached hydrogens (tertiary/aromatic N) is 1. The summed E-state index contributed by atoms with van der Waals surface area (Å²) in [4.78, 5) is 14.3. The number of rotatable bonds is 4. The summed E-state index contributed by atoms with van der Waals surface area (Å²) in [5, 5.41) is 0. The van der Waals surface area contributed by atoms with Crippen LogP contribution >= 0.6 is 12.2 Å². The molecule has 1 heterocycles. The molecule has 4 nitrogen and oxygen atoms in total. The van der Waals surface area contributed by atoms with Crippen molar-refractivity contribution < 1.29 is 9.53 Å². The van der Waals surface area contributed by atoms with Crippen molar-refractivity contribution in [3.05, 3.63) is 35.4 Å². The molecular formula is C14H18N2O2S. The number of ether oxygens (including phenoxy) is 1. The summed E-state index contributed by atoms with van der Waals surface area (Å²) in [6.45, 7) is 1.38. The molecule has 102 valence electrons. The molecule has 0 bridgehead atoms. The molecule has 5 heteroatoms. The summed E-state index contributed by atoms with van der Waals surface area (Å²) < 4.78 is 5.30. The zero-order chi connectivity index (χ0) is 13.8. The fraction of sp³-hybridized carbons (Fsp3) is 0.429. The standard InChI is InChI=1S/C14H18N2O2S/c1-16(12-6-7-18-9-12)13(17)8-10-2-4-11(5-3-10)14(15)19/h2-5,12H,6-9H2,1H3,(H2,15,19). The Bertz CT molecular complexity index is 467. The van der Waals surface area contributed by atoms with E-state index in [1.807, 2.05) is 31.3 Å². The van der Waals surface area contributed by atoms with E-state index in [2.05, 4.69) is 0 Å². The van der Waals surface area contributed by atoms with Gasteiger partial charge in [0.25, 0.3) is 0 Å². The van der Waals surface area contributed by atoms with Crippen LogP contribution in [0, 0.1) is 0 Å². The highest BCUT2D eigenvalue weighted by Crippen LogP contribution is 2.13.